The fourth-order valence-electron chi connectivity index (χ4n) is 1.38. The summed E-state index contributed by atoms with van der Waals surface area (Å²) in [4.78, 5) is 11.4. The number of ether oxygens (including phenoxy) is 2. The topological polar surface area (TPSA) is 73.6 Å². The van der Waals surface area contributed by atoms with E-state index in [1.165, 1.54) is 0 Å². The normalized spacial score (nSPS) is 11.9. The van der Waals surface area contributed by atoms with Gasteiger partial charge in [0.1, 0.15) is 5.75 Å². The molecule has 1 aromatic carbocycles. The van der Waals surface area contributed by atoms with Crippen molar-refractivity contribution in [3.05, 3.63) is 29.8 Å². The van der Waals surface area contributed by atoms with Gasteiger partial charge in [0.25, 0.3) is 5.91 Å². The lowest BCUT2D eigenvalue weighted by atomic mass is 10.1. The molecule has 0 aromatic heterocycles. The van der Waals surface area contributed by atoms with Gasteiger partial charge >= 0.3 is 0 Å². The largest absolute Gasteiger partial charge is 0.484 e. The molecule has 0 saturated carbocycles. The maximum absolute atomic E-state index is 11.4. The van der Waals surface area contributed by atoms with Gasteiger partial charge in [-0.05, 0) is 24.6 Å². The summed E-state index contributed by atoms with van der Waals surface area (Å²) in [6.07, 6.45) is 0. The lowest BCUT2D eigenvalue weighted by Gasteiger charge is -2.10. The van der Waals surface area contributed by atoms with E-state index in [0.717, 1.165) is 5.56 Å². The van der Waals surface area contributed by atoms with E-state index < -0.39 is 0 Å². The molecule has 1 aromatic rings. The van der Waals surface area contributed by atoms with Crippen molar-refractivity contribution in [2.24, 2.45) is 5.73 Å². The number of carbonyl (C=O) groups excluding carboxylic acids is 1. The number of nitrogens with two attached hydrogens (primary N) is 1. The van der Waals surface area contributed by atoms with Crippen LogP contribution < -0.4 is 15.8 Å². The van der Waals surface area contributed by atoms with Gasteiger partial charge in [0, 0.05) is 19.7 Å². The highest BCUT2D eigenvalue weighted by Gasteiger charge is 2.04. The Morgan fingerprint density at radius 1 is 1.50 bits per heavy atom. The molecule has 100 valence electrons. The van der Waals surface area contributed by atoms with Crippen LogP contribution in [0.4, 0.5) is 0 Å². The summed E-state index contributed by atoms with van der Waals surface area (Å²) in [5.74, 6) is 0.477. The van der Waals surface area contributed by atoms with E-state index in [0.29, 0.717) is 18.9 Å². The highest BCUT2D eigenvalue weighted by atomic mass is 16.5. The minimum atomic E-state index is -0.168. The molecule has 0 bridgehead atoms. The zero-order valence-corrected chi connectivity index (χ0v) is 10.8. The van der Waals surface area contributed by atoms with Gasteiger partial charge in [-0.15, -0.1) is 0 Å². The zero-order valence-electron chi connectivity index (χ0n) is 10.8. The van der Waals surface area contributed by atoms with Crippen LogP contribution in [0.15, 0.2) is 24.3 Å². The second kappa shape index (κ2) is 7.68. The van der Waals surface area contributed by atoms with Crippen molar-refractivity contribution in [2.75, 3.05) is 26.9 Å². The van der Waals surface area contributed by atoms with E-state index in [9.17, 15) is 4.79 Å². The molecule has 18 heavy (non-hydrogen) atoms. The Hall–Kier alpha value is -1.59. The number of nitrogens with one attached hydrogen (secondary N) is 1. The SMILES string of the molecule is COCCNC(=O)COc1cccc([C@H](C)N)c1. The van der Waals surface area contributed by atoms with E-state index >= 15 is 0 Å². The molecule has 0 saturated heterocycles. The summed E-state index contributed by atoms with van der Waals surface area (Å²) >= 11 is 0. The molecule has 1 amide bonds. The minimum absolute atomic E-state index is 0.00782. The van der Waals surface area contributed by atoms with Crippen LogP contribution >= 0.6 is 0 Å². The molecule has 3 N–H and O–H groups in total. The number of carbonyl (C=O) groups is 1. The first kappa shape index (κ1) is 14.5. The molecule has 0 aliphatic carbocycles. The Labute approximate surface area is 107 Å². The fraction of sp³-hybridized carbons (Fsp3) is 0.462. The average Bonchev–Trinajstić information content (AvgIpc) is 2.37. The van der Waals surface area contributed by atoms with Crippen LogP contribution in [0.25, 0.3) is 0 Å². The number of hydrogen-bond donors (Lipinski definition) is 2. The maximum atomic E-state index is 11.4. The van der Waals surface area contributed by atoms with E-state index in [1.54, 1.807) is 13.2 Å². The fourth-order valence-corrected chi connectivity index (χ4v) is 1.38. The van der Waals surface area contributed by atoms with E-state index in [-0.39, 0.29) is 18.6 Å². The van der Waals surface area contributed by atoms with E-state index in [2.05, 4.69) is 5.32 Å². The molecule has 1 rings (SSSR count). The number of hydrogen-bond acceptors (Lipinski definition) is 4. The van der Waals surface area contributed by atoms with Crippen molar-refractivity contribution in [1.29, 1.82) is 0 Å². The van der Waals surface area contributed by atoms with Crippen molar-refractivity contribution in [3.8, 4) is 5.75 Å². The van der Waals surface area contributed by atoms with Gasteiger partial charge in [-0.1, -0.05) is 12.1 Å². The molecule has 0 spiro atoms. The summed E-state index contributed by atoms with van der Waals surface area (Å²) < 4.78 is 10.2. The van der Waals surface area contributed by atoms with Gasteiger partial charge in [0.15, 0.2) is 6.61 Å². The van der Waals surface area contributed by atoms with Gasteiger partial charge in [-0.25, -0.2) is 0 Å². The minimum Gasteiger partial charge on any atom is -0.484 e. The van der Waals surface area contributed by atoms with Crippen LogP contribution in [-0.4, -0.2) is 32.8 Å². The molecular weight excluding hydrogens is 232 g/mol. The van der Waals surface area contributed by atoms with Crippen LogP contribution in [0, 0.1) is 0 Å². The molecule has 5 nitrogen and oxygen atoms in total. The summed E-state index contributed by atoms with van der Waals surface area (Å²) in [6.45, 7) is 2.87. The summed E-state index contributed by atoms with van der Waals surface area (Å²) in [5, 5.41) is 2.68. The van der Waals surface area contributed by atoms with Crippen LogP contribution in [-0.2, 0) is 9.53 Å². The predicted octanol–water partition coefficient (Wildman–Crippen LogP) is 0.848. The average molecular weight is 252 g/mol. The second-order valence-corrected chi connectivity index (χ2v) is 3.99. The number of methoxy groups -OCH3 is 1. The Morgan fingerprint density at radius 2 is 2.28 bits per heavy atom. The molecule has 5 heteroatoms. The van der Waals surface area contributed by atoms with Gasteiger partial charge in [0.05, 0.1) is 6.61 Å². The van der Waals surface area contributed by atoms with Gasteiger partial charge < -0.3 is 20.5 Å². The van der Waals surface area contributed by atoms with Crippen molar-refractivity contribution in [1.82, 2.24) is 5.32 Å². The smallest absolute Gasteiger partial charge is 0.258 e. The molecule has 0 fully saturated rings. The number of amides is 1. The monoisotopic (exact) mass is 252 g/mol. The molecule has 0 aliphatic rings. The Balaban J connectivity index is 2.38. The highest BCUT2D eigenvalue weighted by molar-refractivity contribution is 5.77. The van der Waals surface area contributed by atoms with Gasteiger partial charge in [-0.3, -0.25) is 4.79 Å². The van der Waals surface area contributed by atoms with Crippen LogP contribution in [0.5, 0.6) is 5.75 Å². The van der Waals surface area contributed by atoms with Crippen molar-refractivity contribution in [3.63, 3.8) is 0 Å². The zero-order chi connectivity index (χ0) is 13.4. The Bertz CT molecular complexity index is 380. The third-order valence-electron chi connectivity index (χ3n) is 2.38. The van der Waals surface area contributed by atoms with Gasteiger partial charge in [0.2, 0.25) is 0 Å². The van der Waals surface area contributed by atoms with Crippen molar-refractivity contribution in [2.45, 2.75) is 13.0 Å². The summed E-state index contributed by atoms with van der Waals surface area (Å²) in [6, 6.07) is 7.37. The number of benzene rings is 1. The molecule has 0 unspecified atom stereocenters. The first-order valence-electron chi connectivity index (χ1n) is 5.87. The van der Waals surface area contributed by atoms with Crippen LogP contribution in [0.2, 0.25) is 0 Å². The number of rotatable bonds is 7. The molecule has 0 aliphatic heterocycles. The quantitative estimate of drug-likeness (QED) is 0.705. The molecule has 0 heterocycles. The summed E-state index contributed by atoms with van der Waals surface area (Å²) in [7, 11) is 1.59. The van der Waals surface area contributed by atoms with E-state index in [4.69, 9.17) is 15.2 Å². The van der Waals surface area contributed by atoms with Crippen LogP contribution in [0.1, 0.15) is 18.5 Å². The first-order chi connectivity index (χ1) is 8.63. The van der Waals surface area contributed by atoms with E-state index in [1.807, 2.05) is 25.1 Å². The van der Waals surface area contributed by atoms with Crippen molar-refractivity contribution >= 4 is 5.91 Å². The maximum Gasteiger partial charge on any atom is 0.258 e. The highest BCUT2D eigenvalue weighted by Crippen LogP contribution is 2.17. The van der Waals surface area contributed by atoms with Gasteiger partial charge in [-0.2, -0.15) is 0 Å². The third-order valence-corrected chi connectivity index (χ3v) is 2.38. The second-order valence-electron chi connectivity index (χ2n) is 3.99. The third kappa shape index (κ3) is 5.16. The first-order valence-corrected chi connectivity index (χ1v) is 5.87. The standard InChI is InChI=1S/C13H20N2O3/c1-10(14)11-4-3-5-12(8-11)18-9-13(16)15-6-7-17-2/h3-5,8,10H,6-7,9,14H2,1-2H3,(H,15,16)/t10-/m0/s1. The lowest BCUT2D eigenvalue weighted by Crippen LogP contribution is -2.31. The molecule has 0 radical (unpaired) electrons. The van der Waals surface area contributed by atoms with Crippen molar-refractivity contribution < 1.29 is 14.3 Å². The Morgan fingerprint density at radius 3 is 2.94 bits per heavy atom. The molecule has 1 atom stereocenters. The molecular formula is C13H20N2O3. The Kier molecular flexibility index (Phi) is 6.18. The lowest BCUT2D eigenvalue weighted by molar-refractivity contribution is -0.123. The van der Waals surface area contributed by atoms with Crippen LogP contribution in [0.3, 0.4) is 0 Å². The summed E-state index contributed by atoms with van der Waals surface area (Å²) in [5.41, 5.74) is 6.75. The predicted molar refractivity (Wildman–Crippen MR) is 69.4 cm³/mol.